The fraction of sp³-hybridized carbons (Fsp3) is 0.714. The van der Waals surface area contributed by atoms with Gasteiger partial charge in [0.25, 0.3) is 0 Å². The van der Waals surface area contributed by atoms with E-state index in [9.17, 15) is 0 Å². The highest BCUT2D eigenvalue weighted by Gasteiger charge is 2.56. The maximum absolute atomic E-state index is 6.44. The molecule has 0 N–H and O–H groups in total. The van der Waals surface area contributed by atoms with Crippen LogP contribution in [0.15, 0.2) is 30.3 Å². The van der Waals surface area contributed by atoms with Crippen molar-refractivity contribution in [1.29, 1.82) is 0 Å². The second-order valence-corrected chi connectivity index (χ2v) is 8.83. The van der Waals surface area contributed by atoms with E-state index in [0.29, 0.717) is 22.9 Å². The first-order valence-corrected chi connectivity index (χ1v) is 9.33. The number of ether oxygens (including phenoxy) is 2. The average molecular weight is 314 g/mol. The zero-order chi connectivity index (χ0) is 16.1. The van der Waals surface area contributed by atoms with E-state index in [-0.39, 0.29) is 6.29 Å². The van der Waals surface area contributed by atoms with Crippen LogP contribution in [-0.4, -0.2) is 12.7 Å². The van der Waals surface area contributed by atoms with Crippen LogP contribution in [0.5, 0.6) is 0 Å². The zero-order valence-corrected chi connectivity index (χ0v) is 14.8. The number of hydrogen-bond acceptors (Lipinski definition) is 2. The Kier molecular flexibility index (Phi) is 3.81. The highest BCUT2D eigenvalue weighted by molar-refractivity contribution is 5.17. The van der Waals surface area contributed by atoms with Crippen LogP contribution in [-0.2, 0) is 9.47 Å². The van der Waals surface area contributed by atoms with Gasteiger partial charge in [0.2, 0.25) is 0 Å². The highest BCUT2D eigenvalue weighted by atomic mass is 16.7. The molecular weight excluding hydrogens is 284 g/mol. The molecule has 1 heterocycles. The van der Waals surface area contributed by atoms with Gasteiger partial charge < -0.3 is 9.47 Å². The smallest absolute Gasteiger partial charge is 0.184 e. The average Bonchev–Trinajstić information content (AvgIpc) is 2.54. The van der Waals surface area contributed by atoms with Gasteiger partial charge in [0.05, 0.1) is 12.7 Å². The van der Waals surface area contributed by atoms with Gasteiger partial charge in [-0.05, 0) is 42.4 Å². The van der Waals surface area contributed by atoms with Crippen molar-refractivity contribution in [2.45, 2.75) is 65.3 Å². The topological polar surface area (TPSA) is 18.5 Å². The van der Waals surface area contributed by atoms with Crippen molar-refractivity contribution >= 4 is 0 Å². The van der Waals surface area contributed by atoms with Crippen molar-refractivity contribution < 1.29 is 9.47 Å². The molecule has 0 aromatic heterocycles. The Balaban J connectivity index is 1.55. The van der Waals surface area contributed by atoms with Crippen molar-refractivity contribution in [2.24, 2.45) is 22.7 Å². The SMILES string of the molecule is CC1(C)CCC[C@@]2(C)[C@@H]3CO[C@@H](c4ccccc4)O[C@H]3CC[C@@H]12. The molecule has 2 nitrogen and oxygen atoms in total. The summed E-state index contributed by atoms with van der Waals surface area (Å²) in [6.07, 6.45) is 6.76. The normalized spacial score (nSPS) is 42.6. The molecule has 3 aliphatic rings. The van der Waals surface area contributed by atoms with E-state index in [1.807, 2.05) is 6.07 Å². The van der Waals surface area contributed by atoms with Crippen molar-refractivity contribution in [1.82, 2.24) is 0 Å². The van der Waals surface area contributed by atoms with E-state index < -0.39 is 0 Å². The number of hydrogen-bond donors (Lipinski definition) is 0. The third kappa shape index (κ3) is 2.55. The van der Waals surface area contributed by atoms with Gasteiger partial charge in [0.1, 0.15) is 0 Å². The summed E-state index contributed by atoms with van der Waals surface area (Å²) in [5.41, 5.74) is 2.00. The first-order valence-electron chi connectivity index (χ1n) is 9.33. The Morgan fingerprint density at radius 2 is 1.78 bits per heavy atom. The summed E-state index contributed by atoms with van der Waals surface area (Å²) in [5.74, 6) is 1.37. The van der Waals surface area contributed by atoms with Crippen molar-refractivity contribution in [3.8, 4) is 0 Å². The minimum Gasteiger partial charge on any atom is -0.348 e. The van der Waals surface area contributed by atoms with E-state index in [1.54, 1.807) is 0 Å². The summed E-state index contributed by atoms with van der Waals surface area (Å²) in [6.45, 7) is 8.33. The molecule has 1 aromatic rings. The summed E-state index contributed by atoms with van der Waals surface area (Å²) in [5, 5.41) is 0. The zero-order valence-electron chi connectivity index (χ0n) is 14.8. The first kappa shape index (κ1) is 15.7. The van der Waals surface area contributed by atoms with Crippen molar-refractivity contribution in [3.63, 3.8) is 0 Å². The molecule has 1 aromatic carbocycles. The van der Waals surface area contributed by atoms with Crippen molar-refractivity contribution in [2.75, 3.05) is 6.61 Å². The molecule has 0 bridgehead atoms. The van der Waals surface area contributed by atoms with Gasteiger partial charge in [-0.2, -0.15) is 0 Å². The largest absolute Gasteiger partial charge is 0.348 e. The number of rotatable bonds is 1. The molecule has 126 valence electrons. The minimum absolute atomic E-state index is 0.172. The molecule has 3 fully saturated rings. The van der Waals surface area contributed by atoms with E-state index in [0.717, 1.165) is 18.1 Å². The lowest BCUT2D eigenvalue weighted by atomic mass is 9.48. The molecule has 2 saturated carbocycles. The van der Waals surface area contributed by atoms with Gasteiger partial charge in [-0.15, -0.1) is 0 Å². The monoisotopic (exact) mass is 314 g/mol. The Hall–Kier alpha value is -0.860. The lowest BCUT2D eigenvalue weighted by molar-refractivity contribution is -0.285. The van der Waals surface area contributed by atoms with E-state index in [4.69, 9.17) is 9.47 Å². The van der Waals surface area contributed by atoms with Gasteiger partial charge >= 0.3 is 0 Å². The van der Waals surface area contributed by atoms with Crippen molar-refractivity contribution in [3.05, 3.63) is 35.9 Å². The van der Waals surface area contributed by atoms with Crippen LogP contribution >= 0.6 is 0 Å². The van der Waals surface area contributed by atoms with Gasteiger partial charge in [-0.3, -0.25) is 0 Å². The molecule has 0 spiro atoms. The Bertz CT molecular complexity index is 552. The van der Waals surface area contributed by atoms with Gasteiger partial charge in [-0.25, -0.2) is 0 Å². The standard InChI is InChI=1S/C21H30O2/c1-20(2)12-7-13-21(3)16-14-22-19(15-8-5-4-6-9-15)23-17(16)10-11-18(20)21/h4-6,8-9,16-19H,7,10-14H2,1-3H3/t16-,17+,18+,19-,21+/m1/s1. The molecular formula is C21H30O2. The van der Waals surface area contributed by atoms with E-state index in [2.05, 4.69) is 45.0 Å². The second kappa shape index (κ2) is 5.60. The maximum atomic E-state index is 6.44. The van der Waals surface area contributed by atoms with Crippen LogP contribution in [0.3, 0.4) is 0 Å². The molecule has 2 aliphatic carbocycles. The summed E-state index contributed by atoms with van der Waals surface area (Å²) >= 11 is 0. The lowest BCUT2D eigenvalue weighted by Gasteiger charge is -2.60. The second-order valence-electron chi connectivity index (χ2n) is 8.83. The van der Waals surface area contributed by atoms with Crippen LogP contribution in [0.1, 0.15) is 64.7 Å². The molecule has 4 rings (SSSR count). The van der Waals surface area contributed by atoms with Gasteiger partial charge in [-0.1, -0.05) is 57.5 Å². The predicted octanol–water partition coefficient (Wildman–Crippen LogP) is 5.34. The molecule has 5 atom stereocenters. The van der Waals surface area contributed by atoms with E-state index >= 15 is 0 Å². The number of fused-ring (bicyclic) bond motifs is 3. The highest BCUT2D eigenvalue weighted by Crippen LogP contribution is 2.61. The molecule has 0 amide bonds. The van der Waals surface area contributed by atoms with E-state index in [1.165, 1.54) is 32.1 Å². The fourth-order valence-corrected chi connectivity index (χ4v) is 5.92. The van der Waals surface area contributed by atoms with Gasteiger partial charge in [0, 0.05) is 11.5 Å². The molecule has 2 heteroatoms. The quantitative estimate of drug-likeness (QED) is 0.696. The third-order valence-corrected chi connectivity index (χ3v) is 7.11. The fourth-order valence-electron chi connectivity index (χ4n) is 5.92. The number of benzene rings is 1. The Labute approximate surface area is 140 Å². The molecule has 1 saturated heterocycles. The summed E-state index contributed by atoms with van der Waals surface area (Å²) in [6, 6.07) is 10.4. The lowest BCUT2D eigenvalue weighted by Crippen LogP contribution is -2.56. The summed E-state index contributed by atoms with van der Waals surface area (Å²) in [4.78, 5) is 0. The Morgan fingerprint density at radius 1 is 1.00 bits per heavy atom. The van der Waals surface area contributed by atoms with Crippen LogP contribution in [0.2, 0.25) is 0 Å². The van der Waals surface area contributed by atoms with Crippen LogP contribution in [0.4, 0.5) is 0 Å². The third-order valence-electron chi connectivity index (χ3n) is 7.11. The Morgan fingerprint density at radius 3 is 2.57 bits per heavy atom. The minimum atomic E-state index is -0.172. The van der Waals surface area contributed by atoms with Crippen LogP contribution < -0.4 is 0 Å². The van der Waals surface area contributed by atoms with Gasteiger partial charge in [0.15, 0.2) is 6.29 Å². The predicted molar refractivity (Wildman–Crippen MR) is 92.0 cm³/mol. The first-order chi connectivity index (χ1) is 11.0. The summed E-state index contributed by atoms with van der Waals surface area (Å²) in [7, 11) is 0. The molecule has 23 heavy (non-hydrogen) atoms. The molecule has 0 radical (unpaired) electrons. The van der Waals surface area contributed by atoms with Crippen LogP contribution in [0.25, 0.3) is 0 Å². The molecule has 1 aliphatic heterocycles. The molecule has 0 unspecified atom stereocenters. The van der Waals surface area contributed by atoms with Crippen LogP contribution in [0, 0.1) is 22.7 Å². The maximum Gasteiger partial charge on any atom is 0.184 e. The summed E-state index contributed by atoms with van der Waals surface area (Å²) < 4.78 is 12.6.